The van der Waals surface area contributed by atoms with Crippen LogP contribution in [0.3, 0.4) is 0 Å². The van der Waals surface area contributed by atoms with Gasteiger partial charge < -0.3 is 4.74 Å². The minimum Gasteiger partial charge on any atom is -0.493 e. The van der Waals surface area contributed by atoms with Gasteiger partial charge in [-0.2, -0.15) is 0 Å². The highest BCUT2D eigenvalue weighted by Crippen LogP contribution is 2.18. The molecule has 0 unspecified atom stereocenters. The van der Waals surface area contributed by atoms with E-state index >= 15 is 0 Å². The van der Waals surface area contributed by atoms with Gasteiger partial charge in [-0.05, 0) is 18.6 Å². The summed E-state index contributed by atoms with van der Waals surface area (Å²) in [6.45, 7) is 2.91. The summed E-state index contributed by atoms with van der Waals surface area (Å²) in [5.74, 6) is -0.133. The number of hydrogen-bond acceptors (Lipinski definition) is 2. The summed E-state index contributed by atoms with van der Waals surface area (Å²) in [6.07, 6.45) is 21.7. The highest BCUT2D eigenvalue weighted by Gasteiger charge is 2.08. The third-order valence-corrected chi connectivity index (χ3v) is 5.39. The molecule has 3 heteroatoms. The third-order valence-electron chi connectivity index (χ3n) is 5.39. The SMILES string of the molecule is CCCCCCCCCCCCCCCCCCOc1ccccc1C([NH])=O. The number of rotatable bonds is 19. The minimum absolute atomic E-state index is 0.360. The van der Waals surface area contributed by atoms with Crippen LogP contribution in [0.2, 0.25) is 0 Å². The molecule has 0 saturated heterocycles. The first-order chi connectivity index (χ1) is 13.8. The van der Waals surface area contributed by atoms with Gasteiger partial charge in [-0.1, -0.05) is 115 Å². The lowest BCUT2D eigenvalue weighted by atomic mass is 10.0. The van der Waals surface area contributed by atoms with Crippen LogP contribution in [0, 0.1) is 0 Å². The average Bonchev–Trinajstić information content (AvgIpc) is 2.70. The zero-order valence-electron chi connectivity index (χ0n) is 18.1. The molecule has 3 nitrogen and oxygen atoms in total. The number of nitrogens with one attached hydrogen (secondary N) is 1. The Morgan fingerprint density at radius 3 is 1.61 bits per heavy atom. The van der Waals surface area contributed by atoms with Gasteiger partial charge in [0.05, 0.1) is 12.2 Å². The van der Waals surface area contributed by atoms with E-state index in [-0.39, 0.29) is 0 Å². The lowest BCUT2D eigenvalue weighted by Gasteiger charge is -2.09. The summed E-state index contributed by atoms with van der Waals surface area (Å²) in [6, 6.07) is 7.03. The zero-order valence-corrected chi connectivity index (χ0v) is 18.1. The molecule has 1 aromatic carbocycles. The lowest BCUT2D eigenvalue weighted by molar-refractivity contribution is 0.0988. The first-order valence-electron chi connectivity index (χ1n) is 11.7. The molecule has 0 saturated carbocycles. The summed E-state index contributed by atoms with van der Waals surface area (Å²) in [5, 5.41) is 0. The number of amides is 1. The molecular weight excluding hydrogens is 346 g/mol. The van der Waals surface area contributed by atoms with Crippen LogP contribution in [0.5, 0.6) is 5.75 Å². The zero-order chi connectivity index (χ0) is 20.3. The molecule has 0 fully saturated rings. The summed E-state index contributed by atoms with van der Waals surface area (Å²) in [7, 11) is 0. The Morgan fingerprint density at radius 1 is 0.714 bits per heavy atom. The van der Waals surface area contributed by atoms with Gasteiger partial charge in [-0.25, -0.2) is 0 Å². The van der Waals surface area contributed by atoms with Crippen LogP contribution in [0.1, 0.15) is 120 Å². The molecular formula is C25H42NO2. The maximum atomic E-state index is 11.2. The number of carbonyl (C=O) groups is 1. The second kappa shape index (κ2) is 17.6. The number of hydrogen-bond donors (Lipinski definition) is 0. The molecule has 159 valence electrons. The van der Waals surface area contributed by atoms with E-state index in [1.807, 2.05) is 6.07 Å². The highest BCUT2D eigenvalue weighted by atomic mass is 16.5. The first kappa shape index (κ1) is 24.5. The van der Waals surface area contributed by atoms with E-state index in [1.165, 1.54) is 96.3 Å². The van der Waals surface area contributed by atoms with Crippen molar-refractivity contribution in [2.24, 2.45) is 0 Å². The lowest BCUT2D eigenvalue weighted by Crippen LogP contribution is -2.05. The monoisotopic (exact) mass is 388 g/mol. The van der Waals surface area contributed by atoms with Crippen molar-refractivity contribution in [3.8, 4) is 5.75 Å². The highest BCUT2D eigenvalue weighted by molar-refractivity contribution is 5.94. The van der Waals surface area contributed by atoms with Crippen LogP contribution in [0.25, 0.3) is 0 Å². The minimum atomic E-state index is -0.678. The largest absolute Gasteiger partial charge is 0.493 e. The number of para-hydroxylation sites is 1. The number of benzene rings is 1. The summed E-state index contributed by atoms with van der Waals surface area (Å²) in [5.41, 5.74) is 7.61. The normalized spacial score (nSPS) is 10.9. The molecule has 0 aromatic heterocycles. The standard InChI is InChI=1S/C25H42NO2/c1-2-3-4-5-6-7-8-9-10-11-12-13-14-15-16-19-22-28-24-21-18-17-20-23(24)25(26)27/h17-18,20-21,26H,2-16,19,22H2,1H3. The fraction of sp³-hybridized carbons (Fsp3) is 0.720. The molecule has 1 N–H and O–H groups in total. The van der Waals surface area contributed by atoms with Gasteiger partial charge in [-0.15, -0.1) is 0 Å². The van der Waals surface area contributed by atoms with Crippen molar-refractivity contribution in [3.63, 3.8) is 0 Å². The Labute approximate surface area is 173 Å². The molecule has 1 amide bonds. The van der Waals surface area contributed by atoms with Crippen LogP contribution in [-0.4, -0.2) is 12.5 Å². The van der Waals surface area contributed by atoms with Crippen molar-refractivity contribution in [1.82, 2.24) is 5.73 Å². The van der Waals surface area contributed by atoms with E-state index in [0.29, 0.717) is 17.9 Å². The van der Waals surface area contributed by atoms with E-state index in [4.69, 9.17) is 10.5 Å². The Bertz CT molecular complexity index is 501. The summed E-state index contributed by atoms with van der Waals surface area (Å²) < 4.78 is 5.68. The molecule has 0 aliphatic heterocycles. The van der Waals surface area contributed by atoms with Crippen molar-refractivity contribution >= 4 is 5.91 Å². The van der Waals surface area contributed by atoms with Crippen LogP contribution < -0.4 is 10.5 Å². The van der Waals surface area contributed by atoms with Gasteiger partial charge in [0, 0.05) is 0 Å². The molecule has 1 radical (unpaired) electrons. The van der Waals surface area contributed by atoms with Crippen molar-refractivity contribution in [2.75, 3.05) is 6.61 Å². The average molecular weight is 389 g/mol. The molecule has 28 heavy (non-hydrogen) atoms. The summed E-state index contributed by atoms with van der Waals surface area (Å²) >= 11 is 0. The smallest absolute Gasteiger partial charge is 0.273 e. The van der Waals surface area contributed by atoms with Gasteiger partial charge in [0.1, 0.15) is 5.75 Å². The second-order valence-corrected chi connectivity index (χ2v) is 7.98. The fourth-order valence-corrected chi connectivity index (χ4v) is 3.61. The Hall–Kier alpha value is -1.51. The predicted molar refractivity (Wildman–Crippen MR) is 119 cm³/mol. The van der Waals surface area contributed by atoms with Gasteiger partial charge in [0.15, 0.2) is 0 Å². The van der Waals surface area contributed by atoms with Crippen molar-refractivity contribution in [2.45, 2.75) is 110 Å². The quantitative estimate of drug-likeness (QED) is 0.227. The number of unbranched alkanes of at least 4 members (excludes halogenated alkanes) is 15. The van der Waals surface area contributed by atoms with Gasteiger partial charge in [0.2, 0.25) is 0 Å². The van der Waals surface area contributed by atoms with Crippen molar-refractivity contribution in [3.05, 3.63) is 29.8 Å². The van der Waals surface area contributed by atoms with Gasteiger partial charge >= 0.3 is 0 Å². The van der Waals surface area contributed by atoms with Crippen molar-refractivity contribution in [1.29, 1.82) is 0 Å². The number of ether oxygens (including phenoxy) is 1. The first-order valence-corrected chi connectivity index (χ1v) is 11.7. The Morgan fingerprint density at radius 2 is 1.14 bits per heavy atom. The van der Waals surface area contributed by atoms with Crippen LogP contribution >= 0.6 is 0 Å². The Kier molecular flexibility index (Phi) is 15.4. The molecule has 0 atom stereocenters. The molecule has 0 spiro atoms. The van der Waals surface area contributed by atoms with Crippen molar-refractivity contribution < 1.29 is 9.53 Å². The molecule has 0 aliphatic rings. The molecule has 0 bridgehead atoms. The Balaban J connectivity index is 1.83. The van der Waals surface area contributed by atoms with E-state index in [1.54, 1.807) is 18.2 Å². The van der Waals surface area contributed by atoms with Crippen LogP contribution in [-0.2, 0) is 0 Å². The second-order valence-electron chi connectivity index (χ2n) is 7.98. The third kappa shape index (κ3) is 12.8. The fourth-order valence-electron chi connectivity index (χ4n) is 3.61. The maximum absolute atomic E-state index is 11.2. The van der Waals surface area contributed by atoms with E-state index in [0.717, 1.165) is 6.42 Å². The number of carbonyl (C=O) groups excluding carboxylic acids is 1. The maximum Gasteiger partial charge on any atom is 0.273 e. The summed E-state index contributed by atoms with van der Waals surface area (Å²) in [4.78, 5) is 11.2. The predicted octanol–water partition coefficient (Wildman–Crippen LogP) is 7.75. The van der Waals surface area contributed by atoms with Gasteiger partial charge in [-0.3, -0.25) is 10.5 Å². The van der Waals surface area contributed by atoms with Crippen LogP contribution in [0.15, 0.2) is 24.3 Å². The van der Waals surface area contributed by atoms with E-state index in [2.05, 4.69) is 6.92 Å². The van der Waals surface area contributed by atoms with E-state index < -0.39 is 5.91 Å². The molecule has 1 rings (SSSR count). The van der Waals surface area contributed by atoms with Crippen LogP contribution in [0.4, 0.5) is 0 Å². The van der Waals surface area contributed by atoms with Gasteiger partial charge in [0.25, 0.3) is 5.91 Å². The van der Waals surface area contributed by atoms with E-state index in [9.17, 15) is 4.79 Å². The molecule has 0 heterocycles. The molecule has 1 aromatic rings. The topological polar surface area (TPSA) is 50.1 Å². The molecule has 0 aliphatic carbocycles.